The van der Waals surface area contributed by atoms with Crippen LogP contribution in [0.15, 0.2) is 47.4 Å². The topological polar surface area (TPSA) is 77.1 Å². The number of ether oxygens (including phenoxy) is 3. The van der Waals surface area contributed by atoms with Crippen molar-refractivity contribution in [1.82, 2.24) is 10.4 Å². The summed E-state index contributed by atoms with van der Waals surface area (Å²) in [5.74, 6) is 0.999. The van der Waals surface area contributed by atoms with Gasteiger partial charge in [-0.15, -0.1) is 0 Å². The maximum atomic E-state index is 12.8. The van der Waals surface area contributed by atoms with Crippen molar-refractivity contribution in [2.75, 3.05) is 20.8 Å². The van der Waals surface area contributed by atoms with Crippen molar-refractivity contribution in [3.63, 3.8) is 0 Å². The molecule has 162 valence electrons. The van der Waals surface area contributed by atoms with Crippen molar-refractivity contribution in [3.05, 3.63) is 58.5 Å². The Hall–Kier alpha value is -3.04. The molecule has 7 nitrogen and oxygen atoms in total. The molecule has 2 aromatic carbocycles. The second-order valence-corrected chi connectivity index (χ2v) is 8.12. The van der Waals surface area contributed by atoms with Gasteiger partial charge in [-0.25, -0.2) is 0 Å². The van der Waals surface area contributed by atoms with Gasteiger partial charge in [0.2, 0.25) is 0 Å². The summed E-state index contributed by atoms with van der Waals surface area (Å²) in [4.78, 5) is 25.7. The van der Waals surface area contributed by atoms with E-state index in [9.17, 15) is 9.59 Å². The molecule has 0 aliphatic carbocycles. The number of nitrogens with one attached hydrogen (secondary N) is 1. The maximum Gasteiger partial charge on any atom is 0.285 e. The van der Waals surface area contributed by atoms with Crippen LogP contribution in [0, 0.1) is 0 Å². The second kappa shape index (κ2) is 10.3. The third kappa shape index (κ3) is 5.36. The summed E-state index contributed by atoms with van der Waals surface area (Å²) in [5, 5.41) is 1.08. The molecule has 0 unspecified atom stereocenters. The van der Waals surface area contributed by atoms with Gasteiger partial charge < -0.3 is 14.2 Å². The molecule has 0 bridgehead atoms. The monoisotopic (exact) mass is 458 g/mol. The molecule has 9 heteroatoms. The molecule has 2 amide bonds. The highest BCUT2D eigenvalue weighted by Crippen LogP contribution is 2.34. The lowest BCUT2D eigenvalue weighted by atomic mass is 10.2. The molecular formula is C22H22N2O5S2. The molecule has 0 radical (unpaired) electrons. The van der Waals surface area contributed by atoms with E-state index >= 15 is 0 Å². The van der Waals surface area contributed by atoms with Crippen LogP contribution < -0.4 is 19.6 Å². The van der Waals surface area contributed by atoms with E-state index < -0.39 is 11.8 Å². The predicted octanol–water partition coefficient (Wildman–Crippen LogP) is 4.04. The molecule has 2 aromatic rings. The number of thiocarbonyl (C=S) groups is 1. The van der Waals surface area contributed by atoms with E-state index in [0.29, 0.717) is 34.3 Å². The third-order valence-electron chi connectivity index (χ3n) is 4.31. The molecule has 1 saturated heterocycles. The van der Waals surface area contributed by atoms with Crippen molar-refractivity contribution < 1.29 is 23.8 Å². The number of methoxy groups -OCH3 is 2. The number of carbonyl (C=O) groups is 2. The van der Waals surface area contributed by atoms with Gasteiger partial charge in [-0.3, -0.25) is 15.0 Å². The zero-order valence-corrected chi connectivity index (χ0v) is 19.0. The first kappa shape index (κ1) is 22.6. The largest absolute Gasteiger partial charge is 0.497 e. The number of amides is 2. The van der Waals surface area contributed by atoms with Crippen LogP contribution in [0.2, 0.25) is 0 Å². The van der Waals surface area contributed by atoms with Crippen LogP contribution in [-0.2, 0) is 4.79 Å². The number of benzene rings is 2. The van der Waals surface area contributed by atoms with Crippen LogP contribution in [0.3, 0.4) is 0 Å². The molecule has 31 heavy (non-hydrogen) atoms. The van der Waals surface area contributed by atoms with Gasteiger partial charge in [-0.05, 0) is 66.7 Å². The summed E-state index contributed by atoms with van der Waals surface area (Å²) in [6.07, 6.45) is 2.58. The summed E-state index contributed by atoms with van der Waals surface area (Å²) < 4.78 is 16.4. The maximum absolute atomic E-state index is 12.8. The number of hydrogen-bond donors (Lipinski definition) is 1. The lowest BCUT2D eigenvalue weighted by Crippen LogP contribution is -2.44. The summed E-state index contributed by atoms with van der Waals surface area (Å²) in [5.41, 5.74) is 3.69. The van der Waals surface area contributed by atoms with Crippen molar-refractivity contribution in [2.24, 2.45) is 0 Å². The Balaban J connectivity index is 1.74. The van der Waals surface area contributed by atoms with E-state index in [1.807, 2.05) is 13.0 Å². The van der Waals surface area contributed by atoms with E-state index in [1.54, 1.807) is 56.7 Å². The first-order valence-corrected chi connectivity index (χ1v) is 10.7. The van der Waals surface area contributed by atoms with E-state index in [1.165, 1.54) is 0 Å². The van der Waals surface area contributed by atoms with E-state index in [2.05, 4.69) is 5.43 Å². The van der Waals surface area contributed by atoms with Gasteiger partial charge in [0, 0.05) is 5.56 Å². The predicted molar refractivity (Wildman–Crippen MR) is 124 cm³/mol. The van der Waals surface area contributed by atoms with Crippen LogP contribution in [0.25, 0.3) is 6.08 Å². The van der Waals surface area contributed by atoms with Crippen LogP contribution in [-0.4, -0.2) is 42.0 Å². The lowest BCUT2D eigenvalue weighted by molar-refractivity contribution is -0.123. The highest BCUT2D eigenvalue weighted by Gasteiger charge is 2.33. The minimum atomic E-state index is -0.445. The first-order valence-electron chi connectivity index (χ1n) is 9.50. The minimum absolute atomic E-state index is 0.243. The van der Waals surface area contributed by atoms with Crippen molar-refractivity contribution in [1.29, 1.82) is 0 Å². The Labute approximate surface area is 190 Å². The number of nitrogens with zero attached hydrogens (tertiary/aromatic N) is 1. The Kier molecular flexibility index (Phi) is 7.54. The van der Waals surface area contributed by atoms with Gasteiger partial charge >= 0.3 is 0 Å². The number of thioether (sulfide) groups is 1. The molecule has 0 atom stereocenters. The smallest absolute Gasteiger partial charge is 0.285 e. The fraction of sp³-hybridized carbons (Fsp3) is 0.227. The Morgan fingerprint density at radius 2 is 1.87 bits per heavy atom. The standard InChI is InChI=1S/C22H22N2O5S2/c1-4-11-29-17-10-5-14(12-18(17)28-3)13-19-21(26)24(22(30)31-19)23-20(25)15-6-8-16(27-2)9-7-15/h5-10,12-13H,4,11H2,1-3H3,(H,23,25)/b19-13-. The summed E-state index contributed by atoms with van der Waals surface area (Å²) in [7, 11) is 3.11. The fourth-order valence-corrected chi connectivity index (χ4v) is 3.91. The van der Waals surface area contributed by atoms with Crippen molar-refractivity contribution in [3.8, 4) is 17.2 Å². The summed E-state index contributed by atoms with van der Waals surface area (Å²) >= 11 is 6.40. The molecular weight excluding hydrogens is 436 g/mol. The number of rotatable bonds is 8. The molecule has 1 heterocycles. The average Bonchev–Trinajstić information content (AvgIpc) is 3.05. The first-order chi connectivity index (χ1) is 15.0. The van der Waals surface area contributed by atoms with E-state index in [4.69, 9.17) is 26.4 Å². The SMILES string of the molecule is CCCOc1ccc(/C=C2\SC(=S)N(NC(=O)c3ccc(OC)cc3)C2=O)cc1OC. The van der Waals surface area contributed by atoms with Crippen molar-refractivity contribution >= 4 is 46.2 Å². The van der Waals surface area contributed by atoms with E-state index in [-0.39, 0.29) is 4.32 Å². The van der Waals surface area contributed by atoms with Gasteiger partial charge in [-0.1, -0.05) is 24.8 Å². The number of hydrogen-bond acceptors (Lipinski definition) is 7. The van der Waals surface area contributed by atoms with E-state index in [0.717, 1.165) is 28.8 Å². The number of hydrazine groups is 1. The molecule has 1 fully saturated rings. The molecule has 1 N–H and O–H groups in total. The fourth-order valence-electron chi connectivity index (χ4n) is 2.73. The number of carbonyl (C=O) groups excluding carboxylic acids is 2. The van der Waals surface area contributed by atoms with Gasteiger partial charge in [0.25, 0.3) is 11.8 Å². The summed E-state index contributed by atoms with van der Waals surface area (Å²) in [6, 6.07) is 12.0. The van der Waals surface area contributed by atoms with Gasteiger partial charge in [0.15, 0.2) is 15.8 Å². The third-order valence-corrected chi connectivity index (χ3v) is 5.61. The Morgan fingerprint density at radius 1 is 1.13 bits per heavy atom. The zero-order chi connectivity index (χ0) is 22.4. The molecule has 0 aromatic heterocycles. The molecule has 1 aliphatic heterocycles. The van der Waals surface area contributed by atoms with Crippen LogP contribution in [0.1, 0.15) is 29.3 Å². The van der Waals surface area contributed by atoms with Crippen LogP contribution in [0.5, 0.6) is 17.2 Å². The Bertz CT molecular complexity index is 1020. The lowest BCUT2D eigenvalue weighted by Gasteiger charge is -2.15. The zero-order valence-electron chi connectivity index (χ0n) is 17.3. The average molecular weight is 459 g/mol. The van der Waals surface area contributed by atoms with Gasteiger partial charge in [-0.2, -0.15) is 5.01 Å². The highest BCUT2D eigenvalue weighted by atomic mass is 32.2. The Morgan fingerprint density at radius 3 is 2.52 bits per heavy atom. The van der Waals surface area contributed by atoms with Gasteiger partial charge in [0.1, 0.15) is 5.75 Å². The van der Waals surface area contributed by atoms with Crippen molar-refractivity contribution in [2.45, 2.75) is 13.3 Å². The highest BCUT2D eigenvalue weighted by molar-refractivity contribution is 8.26. The molecule has 1 aliphatic rings. The second-order valence-electron chi connectivity index (χ2n) is 6.45. The van der Waals surface area contributed by atoms with Gasteiger partial charge in [0.05, 0.1) is 25.7 Å². The molecule has 3 rings (SSSR count). The quantitative estimate of drug-likeness (QED) is 0.473. The van der Waals surface area contributed by atoms with Crippen LogP contribution >= 0.6 is 24.0 Å². The minimum Gasteiger partial charge on any atom is -0.497 e. The van der Waals surface area contributed by atoms with Crippen LogP contribution in [0.4, 0.5) is 0 Å². The molecule has 0 saturated carbocycles. The molecule has 0 spiro atoms. The normalized spacial score (nSPS) is 14.7. The summed E-state index contributed by atoms with van der Waals surface area (Å²) in [6.45, 7) is 2.61.